The van der Waals surface area contributed by atoms with Gasteiger partial charge < -0.3 is 10.3 Å². The second-order valence-electron chi connectivity index (χ2n) is 7.83. The number of carbonyl (C=O) groups is 1. The predicted molar refractivity (Wildman–Crippen MR) is 126 cm³/mol. The van der Waals surface area contributed by atoms with Crippen LogP contribution in [0, 0.1) is 4.77 Å². The van der Waals surface area contributed by atoms with Crippen LogP contribution in [0.15, 0.2) is 59.9 Å². The second kappa shape index (κ2) is 9.41. The van der Waals surface area contributed by atoms with E-state index in [1.165, 1.54) is 23.0 Å². The van der Waals surface area contributed by atoms with Crippen molar-refractivity contribution in [2.45, 2.75) is 32.5 Å². The summed E-state index contributed by atoms with van der Waals surface area (Å²) in [4.78, 5) is 30.9. The highest BCUT2D eigenvalue weighted by atomic mass is 32.1. The topological polar surface area (TPSA) is 70.1 Å². The number of nitrogens with one attached hydrogen (secondary N) is 2. The molecule has 0 saturated carbocycles. The van der Waals surface area contributed by atoms with E-state index in [1.54, 1.807) is 24.3 Å². The number of fused-ring (bicyclic) bond motifs is 1. The Morgan fingerprint density at radius 3 is 2.65 bits per heavy atom. The van der Waals surface area contributed by atoms with Crippen molar-refractivity contribution < 1.29 is 4.79 Å². The fourth-order valence-electron chi connectivity index (χ4n) is 4.03. The van der Waals surface area contributed by atoms with Crippen molar-refractivity contribution >= 4 is 29.0 Å². The van der Waals surface area contributed by atoms with Gasteiger partial charge >= 0.3 is 0 Å². The van der Waals surface area contributed by atoms with Gasteiger partial charge in [-0.1, -0.05) is 30.3 Å². The summed E-state index contributed by atoms with van der Waals surface area (Å²) in [6.07, 6.45) is 4.13. The third-order valence-electron chi connectivity index (χ3n) is 5.71. The van der Waals surface area contributed by atoms with Crippen molar-refractivity contribution in [3.63, 3.8) is 0 Å². The molecule has 0 aliphatic carbocycles. The fraction of sp³-hybridized carbons (Fsp3) is 0.292. The summed E-state index contributed by atoms with van der Waals surface area (Å²) in [5.74, 6) is -0.188. The number of rotatable bonds is 7. The number of benzene rings is 2. The van der Waals surface area contributed by atoms with Gasteiger partial charge in [-0.3, -0.25) is 19.1 Å². The van der Waals surface area contributed by atoms with Gasteiger partial charge in [0.1, 0.15) is 0 Å². The molecule has 3 aromatic rings. The first-order valence-corrected chi connectivity index (χ1v) is 10.9. The number of likely N-dealkylation sites (tertiary alicyclic amines) is 1. The first-order chi connectivity index (χ1) is 15.1. The zero-order valence-corrected chi connectivity index (χ0v) is 18.2. The van der Waals surface area contributed by atoms with Gasteiger partial charge in [0.15, 0.2) is 4.77 Å². The molecule has 2 heterocycles. The summed E-state index contributed by atoms with van der Waals surface area (Å²) >= 11 is 5.28. The molecule has 2 aromatic carbocycles. The Balaban J connectivity index is 1.52. The number of carbonyl (C=O) groups excluding carboxylic acids is 1. The van der Waals surface area contributed by atoms with Crippen LogP contribution in [0.25, 0.3) is 10.9 Å². The lowest BCUT2D eigenvalue weighted by atomic mass is 10.1. The Labute approximate surface area is 186 Å². The highest BCUT2D eigenvalue weighted by molar-refractivity contribution is 7.71. The maximum absolute atomic E-state index is 12.8. The Bertz CT molecular complexity index is 1240. The number of hydrogen-bond acceptors (Lipinski definition) is 4. The highest BCUT2D eigenvalue weighted by Crippen LogP contribution is 2.17. The van der Waals surface area contributed by atoms with E-state index >= 15 is 0 Å². The standard InChI is InChI=1S/C24H26N4O2S/c1-2-11-28-23(30)20-10-9-17(14-21(20)26-24(28)31)22(29)25-15-18-7-3-4-8-19(18)16-27-12-5-6-13-27/h2-4,7-10,14H,1,5-6,11-13,15-16H2,(H,25,29)(H,26,31). The Hall–Kier alpha value is -3.03. The number of H-pyrrole nitrogens is 1. The van der Waals surface area contributed by atoms with E-state index in [1.807, 2.05) is 12.1 Å². The SMILES string of the molecule is C=CCn1c(=S)[nH]c2cc(C(=O)NCc3ccccc3CN3CCCC3)ccc2c1=O. The number of allylic oxidation sites excluding steroid dienone is 1. The molecular formula is C24H26N4O2S. The predicted octanol–water partition coefficient (Wildman–Crippen LogP) is 3.77. The number of aromatic nitrogens is 2. The normalized spacial score (nSPS) is 14.1. The quantitative estimate of drug-likeness (QED) is 0.439. The molecule has 0 bridgehead atoms. The Morgan fingerprint density at radius 2 is 1.90 bits per heavy atom. The second-order valence-corrected chi connectivity index (χ2v) is 8.22. The molecule has 6 nitrogen and oxygen atoms in total. The average Bonchev–Trinajstić information content (AvgIpc) is 3.28. The lowest BCUT2D eigenvalue weighted by Crippen LogP contribution is -2.25. The summed E-state index contributed by atoms with van der Waals surface area (Å²) in [6, 6.07) is 13.2. The van der Waals surface area contributed by atoms with Crippen molar-refractivity contribution in [1.82, 2.24) is 19.8 Å². The third kappa shape index (κ3) is 4.68. The van der Waals surface area contributed by atoms with E-state index in [0.29, 0.717) is 34.3 Å². The molecule has 0 radical (unpaired) electrons. The summed E-state index contributed by atoms with van der Waals surface area (Å²) < 4.78 is 1.76. The molecule has 1 aliphatic rings. The van der Waals surface area contributed by atoms with Crippen LogP contribution in [0.4, 0.5) is 0 Å². The minimum absolute atomic E-state index is 0.188. The van der Waals surface area contributed by atoms with Crippen molar-refractivity contribution in [2.24, 2.45) is 0 Å². The van der Waals surface area contributed by atoms with E-state index in [-0.39, 0.29) is 11.5 Å². The Morgan fingerprint density at radius 1 is 1.16 bits per heavy atom. The number of nitrogens with zero attached hydrogens (tertiary/aromatic N) is 2. The maximum atomic E-state index is 12.8. The summed E-state index contributed by atoms with van der Waals surface area (Å²) in [7, 11) is 0. The minimum Gasteiger partial charge on any atom is -0.348 e. The zero-order valence-electron chi connectivity index (χ0n) is 17.4. The van der Waals surface area contributed by atoms with Gasteiger partial charge in [-0.05, 0) is 67.5 Å². The van der Waals surface area contributed by atoms with E-state index < -0.39 is 0 Å². The van der Waals surface area contributed by atoms with Gasteiger partial charge in [0.05, 0.1) is 10.9 Å². The molecule has 1 saturated heterocycles. The molecule has 1 aromatic heterocycles. The number of amides is 1. The van der Waals surface area contributed by atoms with Gasteiger partial charge in [0, 0.05) is 25.2 Å². The maximum Gasteiger partial charge on any atom is 0.262 e. The molecule has 2 N–H and O–H groups in total. The van der Waals surface area contributed by atoms with E-state index in [9.17, 15) is 9.59 Å². The van der Waals surface area contributed by atoms with Gasteiger partial charge in [0.2, 0.25) is 0 Å². The number of aromatic amines is 1. The first-order valence-electron chi connectivity index (χ1n) is 10.5. The van der Waals surface area contributed by atoms with Crippen LogP contribution in [-0.4, -0.2) is 33.4 Å². The summed E-state index contributed by atoms with van der Waals surface area (Å²) in [5, 5.41) is 3.50. The summed E-state index contributed by atoms with van der Waals surface area (Å²) in [5.41, 5.74) is 3.21. The van der Waals surface area contributed by atoms with Crippen LogP contribution in [0.1, 0.15) is 34.3 Å². The molecule has 4 rings (SSSR count). The van der Waals surface area contributed by atoms with Crippen LogP contribution in [0.3, 0.4) is 0 Å². The van der Waals surface area contributed by atoms with Crippen LogP contribution < -0.4 is 10.9 Å². The van der Waals surface area contributed by atoms with Crippen molar-refractivity contribution in [3.05, 3.63) is 86.9 Å². The first kappa shape index (κ1) is 21.2. The Kier molecular flexibility index (Phi) is 6.44. The minimum atomic E-state index is -0.193. The van der Waals surface area contributed by atoms with Crippen LogP contribution >= 0.6 is 12.2 Å². The molecule has 0 spiro atoms. The third-order valence-corrected chi connectivity index (χ3v) is 6.03. The van der Waals surface area contributed by atoms with Crippen molar-refractivity contribution in [2.75, 3.05) is 13.1 Å². The van der Waals surface area contributed by atoms with Crippen LogP contribution in [0.2, 0.25) is 0 Å². The molecule has 0 unspecified atom stereocenters. The molecule has 160 valence electrons. The molecule has 1 aliphatic heterocycles. The molecular weight excluding hydrogens is 408 g/mol. The van der Waals surface area contributed by atoms with Crippen LogP contribution in [0.5, 0.6) is 0 Å². The monoisotopic (exact) mass is 434 g/mol. The van der Waals surface area contributed by atoms with Gasteiger partial charge in [-0.2, -0.15) is 0 Å². The molecule has 0 atom stereocenters. The molecule has 1 fully saturated rings. The molecule has 7 heteroatoms. The lowest BCUT2D eigenvalue weighted by Gasteiger charge is -2.17. The van der Waals surface area contributed by atoms with Crippen molar-refractivity contribution in [3.8, 4) is 0 Å². The van der Waals surface area contributed by atoms with Gasteiger partial charge in [-0.15, -0.1) is 6.58 Å². The highest BCUT2D eigenvalue weighted by Gasteiger charge is 2.14. The average molecular weight is 435 g/mol. The summed E-state index contributed by atoms with van der Waals surface area (Å²) in [6.45, 7) is 7.63. The van der Waals surface area contributed by atoms with E-state index in [4.69, 9.17) is 12.2 Å². The van der Waals surface area contributed by atoms with Crippen LogP contribution in [-0.2, 0) is 19.6 Å². The molecule has 31 heavy (non-hydrogen) atoms. The van der Waals surface area contributed by atoms with E-state index in [2.05, 4.69) is 33.9 Å². The number of hydrogen-bond donors (Lipinski definition) is 2. The smallest absolute Gasteiger partial charge is 0.262 e. The lowest BCUT2D eigenvalue weighted by molar-refractivity contribution is 0.0951. The largest absolute Gasteiger partial charge is 0.348 e. The zero-order chi connectivity index (χ0) is 21.8. The van der Waals surface area contributed by atoms with Crippen molar-refractivity contribution in [1.29, 1.82) is 0 Å². The van der Waals surface area contributed by atoms with Gasteiger partial charge in [0.25, 0.3) is 11.5 Å². The van der Waals surface area contributed by atoms with Gasteiger partial charge in [-0.25, -0.2) is 0 Å². The van der Waals surface area contributed by atoms with E-state index in [0.717, 1.165) is 25.2 Å². The molecule has 1 amide bonds. The fourth-order valence-corrected chi connectivity index (χ4v) is 4.30.